The van der Waals surface area contributed by atoms with Gasteiger partial charge in [0.1, 0.15) is 0 Å². The monoisotopic (exact) mass is 292 g/mol. The zero-order valence-electron chi connectivity index (χ0n) is 11.7. The van der Waals surface area contributed by atoms with Crippen LogP contribution in [0.2, 0.25) is 0 Å². The van der Waals surface area contributed by atoms with Gasteiger partial charge in [-0.15, -0.1) is 0 Å². The summed E-state index contributed by atoms with van der Waals surface area (Å²) in [5.74, 6) is -4.07. The minimum Gasteiger partial charge on any atom is -0.478 e. The molecule has 0 aromatic heterocycles. The average Bonchev–Trinajstić information content (AvgIpc) is 2.37. The molecule has 0 aliphatic rings. The van der Waals surface area contributed by atoms with Crippen LogP contribution in [-0.4, -0.2) is 33.2 Å². The van der Waals surface area contributed by atoms with Crippen molar-refractivity contribution in [3.63, 3.8) is 0 Å². The fraction of sp³-hybridized carbons (Fsp3) is 0.267. The molecule has 0 bridgehead atoms. The lowest BCUT2D eigenvalue weighted by Crippen LogP contribution is -2.17. The van der Waals surface area contributed by atoms with Crippen LogP contribution in [0, 0.1) is 5.92 Å². The van der Waals surface area contributed by atoms with Crippen LogP contribution in [0.25, 0.3) is 0 Å². The highest BCUT2D eigenvalue weighted by Gasteiger charge is 2.23. The molecule has 0 spiro atoms. The number of carboxylic acid groups (broad SMARTS) is 3. The number of benzene rings is 1. The molecule has 6 heteroatoms. The van der Waals surface area contributed by atoms with Gasteiger partial charge in [-0.1, -0.05) is 26.0 Å². The van der Waals surface area contributed by atoms with Gasteiger partial charge in [0.2, 0.25) is 0 Å². The first-order valence-corrected chi connectivity index (χ1v) is 6.26. The zero-order valence-corrected chi connectivity index (χ0v) is 11.7. The molecule has 1 aromatic rings. The average molecular weight is 292 g/mol. The van der Waals surface area contributed by atoms with Crippen molar-refractivity contribution in [2.45, 2.75) is 20.3 Å². The maximum absolute atomic E-state index is 11.3. The van der Waals surface area contributed by atoms with E-state index in [4.69, 9.17) is 10.2 Å². The molecule has 1 rings (SSSR count). The van der Waals surface area contributed by atoms with Crippen molar-refractivity contribution in [3.8, 4) is 0 Å². The summed E-state index contributed by atoms with van der Waals surface area (Å²) < 4.78 is 0. The van der Waals surface area contributed by atoms with Gasteiger partial charge in [0.25, 0.3) is 0 Å². The second-order valence-corrected chi connectivity index (χ2v) is 4.84. The molecular weight excluding hydrogens is 276 g/mol. The Hall–Kier alpha value is -2.63. The number of carboxylic acids is 3. The van der Waals surface area contributed by atoms with Gasteiger partial charge in [0, 0.05) is 6.42 Å². The standard InChI is InChI=1S/C15H16O6/c1-8(2)12(15(20)21)11(14(18)19)7-9-3-5-10(6-4-9)13(16)17/h3-6,8H,7H2,1-2H3,(H,16,17)(H,18,19)(H,20,21)/b12-11-. The minimum absolute atomic E-state index is 0.0744. The van der Waals surface area contributed by atoms with Gasteiger partial charge in [-0.3, -0.25) is 0 Å². The van der Waals surface area contributed by atoms with Crippen LogP contribution in [0.4, 0.5) is 0 Å². The Kier molecular flexibility index (Phi) is 5.24. The molecule has 0 unspecified atom stereocenters. The third-order valence-electron chi connectivity index (χ3n) is 2.97. The second-order valence-electron chi connectivity index (χ2n) is 4.84. The summed E-state index contributed by atoms with van der Waals surface area (Å²) in [7, 11) is 0. The fourth-order valence-electron chi connectivity index (χ4n) is 1.98. The molecule has 21 heavy (non-hydrogen) atoms. The molecule has 0 fully saturated rings. The first-order chi connectivity index (χ1) is 9.73. The van der Waals surface area contributed by atoms with Gasteiger partial charge in [0.15, 0.2) is 0 Å². The molecule has 3 N–H and O–H groups in total. The van der Waals surface area contributed by atoms with Crippen LogP contribution >= 0.6 is 0 Å². The first kappa shape index (κ1) is 16.4. The van der Waals surface area contributed by atoms with Crippen molar-refractivity contribution in [1.82, 2.24) is 0 Å². The van der Waals surface area contributed by atoms with Gasteiger partial charge in [0.05, 0.1) is 16.7 Å². The molecule has 0 saturated carbocycles. The van der Waals surface area contributed by atoms with E-state index in [0.717, 1.165) is 0 Å². The summed E-state index contributed by atoms with van der Waals surface area (Å²) in [5.41, 5.74) is 0.282. The Labute approximate surface area is 121 Å². The molecule has 0 aliphatic heterocycles. The van der Waals surface area contributed by atoms with Crippen LogP contribution in [-0.2, 0) is 16.0 Å². The van der Waals surface area contributed by atoms with E-state index in [1.54, 1.807) is 13.8 Å². The van der Waals surface area contributed by atoms with Gasteiger partial charge >= 0.3 is 17.9 Å². The van der Waals surface area contributed by atoms with E-state index >= 15 is 0 Å². The maximum atomic E-state index is 11.3. The molecule has 6 nitrogen and oxygen atoms in total. The Bertz CT molecular complexity index is 595. The number of hydrogen-bond acceptors (Lipinski definition) is 3. The van der Waals surface area contributed by atoms with Gasteiger partial charge < -0.3 is 15.3 Å². The lowest BCUT2D eigenvalue weighted by atomic mass is 9.92. The maximum Gasteiger partial charge on any atom is 0.335 e. The van der Waals surface area contributed by atoms with E-state index in [1.165, 1.54) is 24.3 Å². The second kappa shape index (κ2) is 6.69. The molecular formula is C15H16O6. The topological polar surface area (TPSA) is 112 Å². The highest BCUT2D eigenvalue weighted by atomic mass is 16.4. The van der Waals surface area contributed by atoms with E-state index in [1.807, 2.05) is 0 Å². The smallest absolute Gasteiger partial charge is 0.335 e. The molecule has 0 radical (unpaired) electrons. The van der Waals surface area contributed by atoms with Crippen LogP contribution < -0.4 is 0 Å². The summed E-state index contributed by atoms with van der Waals surface area (Å²) in [6.45, 7) is 3.22. The highest BCUT2D eigenvalue weighted by Crippen LogP contribution is 2.20. The van der Waals surface area contributed by atoms with Crippen LogP contribution in [0.3, 0.4) is 0 Å². The molecule has 0 aliphatic carbocycles. The van der Waals surface area contributed by atoms with Gasteiger partial charge in [-0.05, 0) is 23.6 Å². The Balaban J connectivity index is 3.20. The Morgan fingerprint density at radius 3 is 1.81 bits per heavy atom. The van der Waals surface area contributed by atoms with E-state index in [-0.39, 0.29) is 23.1 Å². The molecule has 0 atom stereocenters. The number of aromatic carboxylic acids is 1. The highest BCUT2D eigenvalue weighted by molar-refractivity contribution is 5.99. The third-order valence-corrected chi connectivity index (χ3v) is 2.97. The Morgan fingerprint density at radius 1 is 0.952 bits per heavy atom. The number of hydrogen-bond donors (Lipinski definition) is 3. The summed E-state index contributed by atoms with van der Waals surface area (Å²) in [4.78, 5) is 33.3. The summed E-state index contributed by atoms with van der Waals surface area (Å²) in [5, 5.41) is 27.2. The molecule has 0 saturated heterocycles. The summed E-state index contributed by atoms with van der Waals surface area (Å²) in [6, 6.07) is 5.66. The van der Waals surface area contributed by atoms with Crippen molar-refractivity contribution in [2.24, 2.45) is 5.92 Å². The van der Waals surface area contributed by atoms with Crippen LogP contribution in [0.5, 0.6) is 0 Å². The normalized spacial score (nSPS) is 12.0. The lowest BCUT2D eigenvalue weighted by molar-refractivity contribution is -0.136. The number of carbonyl (C=O) groups is 3. The summed E-state index contributed by atoms with van der Waals surface area (Å²) >= 11 is 0. The van der Waals surface area contributed by atoms with Crippen molar-refractivity contribution in [3.05, 3.63) is 46.5 Å². The van der Waals surface area contributed by atoms with Crippen molar-refractivity contribution in [1.29, 1.82) is 0 Å². The Morgan fingerprint density at radius 2 is 1.48 bits per heavy atom. The van der Waals surface area contributed by atoms with Crippen LogP contribution in [0.15, 0.2) is 35.4 Å². The van der Waals surface area contributed by atoms with E-state index in [2.05, 4.69) is 0 Å². The van der Waals surface area contributed by atoms with E-state index in [0.29, 0.717) is 5.56 Å². The van der Waals surface area contributed by atoms with Gasteiger partial charge in [-0.2, -0.15) is 0 Å². The van der Waals surface area contributed by atoms with Crippen molar-refractivity contribution in [2.75, 3.05) is 0 Å². The third kappa shape index (κ3) is 4.17. The first-order valence-electron chi connectivity index (χ1n) is 6.26. The molecule has 112 valence electrons. The molecule has 0 amide bonds. The lowest BCUT2D eigenvalue weighted by Gasteiger charge is -2.12. The fourth-order valence-corrected chi connectivity index (χ4v) is 1.98. The largest absolute Gasteiger partial charge is 0.478 e. The van der Waals surface area contributed by atoms with Gasteiger partial charge in [-0.25, -0.2) is 14.4 Å². The minimum atomic E-state index is -1.29. The van der Waals surface area contributed by atoms with Crippen molar-refractivity contribution >= 4 is 17.9 Å². The zero-order chi connectivity index (χ0) is 16.2. The van der Waals surface area contributed by atoms with E-state index in [9.17, 15) is 19.5 Å². The quantitative estimate of drug-likeness (QED) is 0.692. The molecule has 0 heterocycles. The predicted molar refractivity (Wildman–Crippen MR) is 74.2 cm³/mol. The number of rotatable bonds is 6. The number of aliphatic carboxylic acids is 2. The SMILES string of the molecule is CC(C)/C(C(=O)O)=C(\Cc1ccc(C(=O)O)cc1)C(=O)O. The predicted octanol–water partition coefficient (Wildman–Crippen LogP) is 2.05. The van der Waals surface area contributed by atoms with Crippen LogP contribution in [0.1, 0.15) is 29.8 Å². The van der Waals surface area contributed by atoms with E-state index < -0.39 is 23.8 Å². The van der Waals surface area contributed by atoms with Crippen molar-refractivity contribution < 1.29 is 29.7 Å². The summed E-state index contributed by atoms with van der Waals surface area (Å²) in [6.07, 6.45) is -0.0744. The molecule has 1 aromatic carbocycles.